The van der Waals surface area contributed by atoms with Crippen molar-refractivity contribution >= 4 is 23.1 Å². The molecule has 6 nitrogen and oxygen atoms in total. The number of halogens is 3. The van der Waals surface area contributed by atoms with Gasteiger partial charge in [-0.15, -0.1) is 0 Å². The van der Waals surface area contributed by atoms with Gasteiger partial charge in [-0.2, -0.15) is 13.2 Å². The van der Waals surface area contributed by atoms with Crippen LogP contribution in [-0.4, -0.2) is 43.1 Å². The molecule has 1 aliphatic heterocycles. The van der Waals surface area contributed by atoms with Crippen molar-refractivity contribution in [2.75, 3.05) is 25.6 Å². The van der Waals surface area contributed by atoms with Gasteiger partial charge < -0.3 is 14.8 Å². The van der Waals surface area contributed by atoms with Gasteiger partial charge >= 0.3 is 6.18 Å². The predicted molar refractivity (Wildman–Crippen MR) is 117 cm³/mol. The summed E-state index contributed by atoms with van der Waals surface area (Å²) >= 11 is 0. The van der Waals surface area contributed by atoms with E-state index in [1.54, 1.807) is 24.3 Å². The first kappa shape index (κ1) is 24.3. The van der Waals surface area contributed by atoms with E-state index in [0.29, 0.717) is 24.3 Å². The zero-order valence-corrected chi connectivity index (χ0v) is 18.5. The number of hydrogen-bond donors (Lipinski definition) is 1. The molecule has 1 aliphatic rings. The van der Waals surface area contributed by atoms with Crippen molar-refractivity contribution in [2.24, 2.45) is 0 Å². The van der Waals surface area contributed by atoms with Crippen molar-refractivity contribution < 1.29 is 32.2 Å². The Morgan fingerprint density at radius 3 is 2.33 bits per heavy atom. The highest BCUT2D eigenvalue weighted by Crippen LogP contribution is 2.34. The molecule has 2 aromatic rings. The van der Waals surface area contributed by atoms with Crippen molar-refractivity contribution in [1.82, 2.24) is 4.90 Å². The number of carbonyl (C=O) groups excluding carboxylic acids is 2. The first-order valence-electron chi connectivity index (χ1n) is 10.4. The number of methoxy groups -OCH3 is 1. The Morgan fingerprint density at radius 1 is 1.03 bits per heavy atom. The monoisotopic (exact) mass is 462 g/mol. The van der Waals surface area contributed by atoms with Crippen molar-refractivity contribution in [2.45, 2.75) is 32.5 Å². The smallest absolute Gasteiger partial charge is 0.416 e. The molecule has 2 amide bonds. The third-order valence-corrected chi connectivity index (χ3v) is 4.87. The highest BCUT2D eigenvalue weighted by atomic mass is 19.4. The van der Waals surface area contributed by atoms with E-state index in [4.69, 9.17) is 9.47 Å². The molecule has 0 saturated carbocycles. The van der Waals surface area contributed by atoms with E-state index < -0.39 is 23.6 Å². The Hall–Kier alpha value is -3.33. The average Bonchev–Trinajstić information content (AvgIpc) is 2.98. The van der Waals surface area contributed by atoms with Crippen LogP contribution < -0.4 is 10.1 Å². The summed E-state index contributed by atoms with van der Waals surface area (Å²) in [5, 5.41) is 2.75. The summed E-state index contributed by atoms with van der Waals surface area (Å²) in [7, 11) is 1.51. The minimum atomic E-state index is -4.54. The average molecular weight is 462 g/mol. The molecule has 1 N–H and O–H groups in total. The van der Waals surface area contributed by atoms with E-state index in [0.717, 1.165) is 17.0 Å². The highest BCUT2D eigenvalue weighted by Gasteiger charge is 2.39. The van der Waals surface area contributed by atoms with Gasteiger partial charge in [0, 0.05) is 25.9 Å². The second-order valence-electron chi connectivity index (χ2n) is 7.75. The van der Waals surface area contributed by atoms with Crippen LogP contribution in [0.1, 0.15) is 31.4 Å². The standard InChI is InChI=1S/C24H25F3N2O4/c1-15(2)33-19-10-8-16(9-11-19)20-21(23(31)29(22(20)30)12-5-13-32-3)28-18-7-4-6-17(14-18)24(25,26)27/h4,6-11,14-15,28H,5,12-13H2,1-3H3. The van der Waals surface area contributed by atoms with Crippen molar-refractivity contribution in [3.05, 3.63) is 65.4 Å². The van der Waals surface area contributed by atoms with Crippen LogP contribution >= 0.6 is 0 Å². The lowest BCUT2D eigenvalue weighted by Gasteiger charge is -2.15. The number of amides is 2. The van der Waals surface area contributed by atoms with Gasteiger partial charge in [-0.1, -0.05) is 18.2 Å². The number of carbonyl (C=O) groups is 2. The predicted octanol–water partition coefficient (Wildman–Crippen LogP) is 4.72. The topological polar surface area (TPSA) is 67.9 Å². The Balaban J connectivity index is 1.99. The molecule has 0 unspecified atom stereocenters. The van der Waals surface area contributed by atoms with Crippen molar-refractivity contribution in [3.8, 4) is 5.75 Å². The molecule has 176 valence electrons. The Kier molecular flexibility index (Phi) is 7.43. The second-order valence-corrected chi connectivity index (χ2v) is 7.75. The Morgan fingerprint density at radius 2 is 1.73 bits per heavy atom. The van der Waals surface area contributed by atoms with Gasteiger partial charge in [-0.25, -0.2) is 0 Å². The minimum absolute atomic E-state index is 0.0424. The maximum Gasteiger partial charge on any atom is 0.416 e. The molecule has 0 spiro atoms. The van der Waals surface area contributed by atoms with Crippen LogP contribution in [0.25, 0.3) is 5.57 Å². The summed E-state index contributed by atoms with van der Waals surface area (Å²) in [5.74, 6) is -0.537. The van der Waals surface area contributed by atoms with Gasteiger partial charge in [0.2, 0.25) is 0 Å². The maximum absolute atomic E-state index is 13.2. The van der Waals surface area contributed by atoms with E-state index in [-0.39, 0.29) is 29.6 Å². The van der Waals surface area contributed by atoms with Crippen molar-refractivity contribution in [1.29, 1.82) is 0 Å². The van der Waals surface area contributed by atoms with Crippen LogP contribution in [0.15, 0.2) is 54.2 Å². The molecule has 0 saturated heterocycles. The van der Waals surface area contributed by atoms with E-state index in [9.17, 15) is 22.8 Å². The van der Waals surface area contributed by atoms with Crippen molar-refractivity contribution in [3.63, 3.8) is 0 Å². The molecule has 0 bridgehead atoms. The quantitative estimate of drug-likeness (QED) is 0.432. The summed E-state index contributed by atoms with van der Waals surface area (Å²) in [6.45, 7) is 4.23. The van der Waals surface area contributed by atoms with E-state index in [1.165, 1.54) is 19.2 Å². The molecule has 2 aromatic carbocycles. The lowest BCUT2D eigenvalue weighted by Crippen LogP contribution is -2.33. The third-order valence-electron chi connectivity index (χ3n) is 4.87. The van der Waals surface area contributed by atoms with E-state index >= 15 is 0 Å². The molecule has 0 aromatic heterocycles. The van der Waals surface area contributed by atoms with Crippen LogP contribution in [0.2, 0.25) is 0 Å². The summed E-state index contributed by atoms with van der Waals surface area (Å²) in [5.41, 5.74) is -0.344. The summed E-state index contributed by atoms with van der Waals surface area (Å²) in [4.78, 5) is 27.3. The maximum atomic E-state index is 13.2. The number of imide groups is 1. The van der Waals surface area contributed by atoms with Gasteiger partial charge in [-0.05, 0) is 56.2 Å². The SMILES string of the molecule is COCCCN1C(=O)C(Nc2cccc(C(F)(F)F)c2)=C(c2ccc(OC(C)C)cc2)C1=O. The van der Waals surface area contributed by atoms with Crippen LogP contribution in [0.5, 0.6) is 5.75 Å². The molecular formula is C24H25F3N2O4. The fourth-order valence-corrected chi connectivity index (χ4v) is 3.42. The molecule has 3 rings (SSSR count). The second kappa shape index (κ2) is 10.1. The zero-order chi connectivity index (χ0) is 24.2. The fraction of sp³-hybridized carbons (Fsp3) is 0.333. The molecule has 1 heterocycles. The highest BCUT2D eigenvalue weighted by molar-refractivity contribution is 6.36. The number of rotatable bonds is 9. The fourth-order valence-electron chi connectivity index (χ4n) is 3.42. The number of nitrogens with one attached hydrogen (secondary N) is 1. The minimum Gasteiger partial charge on any atom is -0.491 e. The van der Waals surface area contributed by atoms with E-state index in [1.807, 2.05) is 13.8 Å². The van der Waals surface area contributed by atoms with Crippen LogP contribution in [0.3, 0.4) is 0 Å². The first-order chi connectivity index (χ1) is 15.6. The largest absolute Gasteiger partial charge is 0.491 e. The molecule has 0 fully saturated rings. The van der Waals surface area contributed by atoms with Crippen LogP contribution in [0, 0.1) is 0 Å². The number of ether oxygens (including phenoxy) is 2. The molecule has 0 atom stereocenters. The molecule has 0 radical (unpaired) electrons. The van der Waals surface area contributed by atoms with Crippen LogP contribution in [-0.2, 0) is 20.5 Å². The number of alkyl halides is 3. The molecule has 0 aliphatic carbocycles. The molecular weight excluding hydrogens is 437 g/mol. The van der Waals surface area contributed by atoms with E-state index in [2.05, 4.69) is 5.32 Å². The normalized spacial score (nSPS) is 14.5. The lowest BCUT2D eigenvalue weighted by atomic mass is 10.0. The number of benzene rings is 2. The third kappa shape index (κ3) is 5.73. The Labute approximate surface area is 190 Å². The molecule has 33 heavy (non-hydrogen) atoms. The summed E-state index contributed by atoms with van der Waals surface area (Å²) in [6, 6.07) is 11.1. The number of anilines is 1. The van der Waals surface area contributed by atoms with Gasteiger partial charge in [0.25, 0.3) is 11.8 Å². The number of nitrogens with zero attached hydrogens (tertiary/aromatic N) is 1. The summed E-state index contributed by atoms with van der Waals surface area (Å²) < 4.78 is 50.0. The Bertz CT molecular complexity index is 1050. The molecule has 9 heteroatoms. The number of hydrogen-bond acceptors (Lipinski definition) is 5. The van der Waals surface area contributed by atoms with Gasteiger partial charge in [0.1, 0.15) is 11.4 Å². The van der Waals surface area contributed by atoms with Gasteiger partial charge in [-0.3, -0.25) is 14.5 Å². The van der Waals surface area contributed by atoms with Gasteiger partial charge in [0.15, 0.2) is 0 Å². The first-order valence-corrected chi connectivity index (χ1v) is 10.4. The van der Waals surface area contributed by atoms with Crippen LogP contribution in [0.4, 0.5) is 18.9 Å². The zero-order valence-electron chi connectivity index (χ0n) is 18.5. The lowest BCUT2D eigenvalue weighted by molar-refractivity contribution is -0.138. The summed E-state index contributed by atoms with van der Waals surface area (Å²) in [6.07, 6.45) is -4.15. The van der Waals surface area contributed by atoms with Gasteiger partial charge in [0.05, 0.1) is 17.2 Å².